The van der Waals surface area contributed by atoms with Crippen LogP contribution in [0.5, 0.6) is 11.6 Å². The van der Waals surface area contributed by atoms with Gasteiger partial charge >= 0.3 is 24.3 Å². The number of aliphatic imine (C=N–C) groups is 1. The van der Waals surface area contributed by atoms with Gasteiger partial charge in [-0.05, 0) is 38.6 Å². The van der Waals surface area contributed by atoms with Crippen LogP contribution < -0.4 is 15.4 Å². The van der Waals surface area contributed by atoms with E-state index in [1.165, 1.54) is 18.6 Å². The quantitative estimate of drug-likeness (QED) is 0.0984. The molecule has 0 aliphatic heterocycles. The first-order chi connectivity index (χ1) is 19.6. The topological polar surface area (TPSA) is 182 Å². The summed E-state index contributed by atoms with van der Waals surface area (Å²) >= 11 is 0. The van der Waals surface area contributed by atoms with Crippen LogP contribution >= 0.6 is 0 Å². The number of nitrogens with zero attached hydrogens (tertiary/aromatic N) is 3. The number of aromatic hydroxyl groups is 1. The standard InChI is InChI=1S/C22H25F3N6O4.C2HF3O2/c1-26-5-3-6-27-19-18-16(21(34)31-20(18)30-12-29-19)11-28-14-8-13(22(23,24)25)9-15(10-14)35-7-2-4-17(32)33;3-2(4,5)1(6)7/h8-12,26,34H,2-7H2,1H3,(H,32,33)(H2,27,29,30,31);(H,6,7). The van der Waals surface area contributed by atoms with Crippen molar-refractivity contribution in [3.63, 3.8) is 0 Å². The lowest BCUT2D eigenvalue weighted by Crippen LogP contribution is -2.21. The van der Waals surface area contributed by atoms with E-state index in [0.29, 0.717) is 23.4 Å². The summed E-state index contributed by atoms with van der Waals surface area (Å²) in [5.74, 6) is -3.71. The lowest BCUT2D eigenvalue weighted by molar-refractivity contribution is -0.192. The highest BCUT2D eigenvalue weighted by Gasteiger charge is 2.38. The number of hydrogen-bond donors (Lipinski definition) is 6. The summed E-state index contributed by atoms with van der Waals surface area (Å²) in [6, 6.07) is 2.97. The Bertz CT molecular complexity index is 1390. The van der Waals surface area contributed by atoms with Crippen LogP contribution in [-0.2, 0) is 15.8 Å². The van der Waals surface area contributed by atoms with Crippen LogP contribution in [0.25, 0.3) is 11.0 Å². The summed E-state index contributed by atoms with van der Waals surface area (Å²) in [6.07, 6.45) is -6.41. The molecular formula is C24H26F6N6O6. The number of rotatable bonds is 12. The molecule has 2 heterocycles. The zero-order chi connectivity index (χ0) is 31.5. The Hall–Kier alpha value is -4.61. The number of ether oxygens (including phenoxy) is 1. The fourth-order valence-electron chi connectivity index (χ4n) is 3.22. The van der Waals surface area contributed by atoms with Crippen LogP contribution in [0.15, 0.2) is 29.5 Å². The number of carboxylic acids is 2. The average molecular weight is 608 g/mol. The predicted molar refractivity (Wildman–Crippen MR) is 137 cm³/mol. The molecule has 0 spiro atoms. The molecule has 0 saturated carbocycles. The highest BCUT2D eigenvalue weighted by Crippen LogP contribution is 2.36. The molecule has 0 bridgehead atoms. The van der Waals surface area contributed by atoms with Crippen molar-refractivity contribution in [1.29, 1.82) is 0 Å². The fraction of sp³-hybridized carbons (Fsp3) is 0.375. The smallest absolute Gasteiger partial charge is 0.490 e. The highest BCUT2D eigenvalue weighted by atomic mass is 19.4. The number of aromatic nitrogens is 3. The third-order valence-corrected chi connectivity index (χ3v) is 5.11. The molecule has 3 aromatic rings. The maximum absolute atomic E-state index is 13.4. The van der Waals surface area contributed by atoms with E-state index < -0.39 is 29.9 Å². The second-order valence-corrected chi connectivity index (χ2v) is 8.34. The minimum Gasteiger partial charge on any atom is -0.494 e. The minimum absolute atomic E-state index is 0.0674. The van der Waals surface area contributed by atoms with Crippen molar-refractivity contribution in [3.05, 3.63) is 35.7 Å². The summed E-state index contributed by atoms with van der Waals surface area (Å²) in [6.45, 7) is 1.30. The molecule has 2 aromatic heterocycles. The Morgan fingerprint density at radius 2 is 1.76 bits per heavy atom. The van der Waals surface area contributed by atoms with Crippen molar-refractivity contribution in [2.24, 2.45) is 4.99 Å². The summed E-state index contributed by atoms with van der Waals surface area (Å²) in [4.78, 5) is 34.6. The van der Waals surface area contributed by atoms with E-state index in [1.807, 2.05) is 7.05 Å². The first-order valence-electron chi connectivity index (χ1n) is 12.0. The maximum atomic E-state index is 13.4. The van der Waals surface area contributed by atoms with Crippen molar-refractivity contribution in [3.8, 4) is 11.6 Å². The third kappa shape index (κ3) is 10.4. The molecule has 1 aromatic carbocycles. The highest BCUT2D eigenvalue weighted by molar-refractivity contribution is 6.06. The van der Waals surface area contributed by atoms with Crippen molar-refractivity contribution in [2.75, 3.05) is 32.1 Å². The summed E-state index contributed by atoms with van der Waals surface area (Å²) < 4.78 is 77.2. The predicted octanol–water partition coefficient (Wildman–Crippen LogP) is 4.33. The Morgan fingerprint density at radius 3 is 2.36 bits per heavy atom. The molecule has 0 amide bonds. The molecule has 0 unspecified atom stereocenters. The Morgan fingerprint density at radius 1 is 1.07 bits per heavy atom. The Kier molecular flexibility index (Phi) is 11.9. The second kappa shape index (κ2) is 14.9. The minimum atomic E-state index is -5.08. The summed E-state index contributed by atoms with van der Waals surface area (Å²) in [5, 5.41) is 32.8. The molecule has 18 heteroatoms. The van der Waals surface area contributed by atoms with Crippen LogP contribution in [0.1, 0.15) is 30.4 Å². The number of nitrogens with one attached hydrogen (secondary N) is 3. The van der Waals surface area contributed by atoms with Crippen molar-refractivity contribution >= 4 is 40.7 Å². The normalized spacial score (nSPS) is 11.8. The summed E-state index contributed by atoms with van der Waals surface area (Å²) in [7, 11) is 1.84. The number of halogens is 6. The molecule has 0 aliphatic rings. The van der Waals surface area contributed by atoms with Gasteiger partial charge in [0, 0.05) is 25.2 Å². The van der Waals surface area contributed by atoms with Crippen LogP contribution in [0.4, 0.5) is 37.8 Å². The number of aromatic amines is 1. The number of anilines is 1. The van der Waals surface area contributed by atoms with Crippen LogP contribution in [0, 0.1) is 0 Å². The second-order valence-electron chi connectivity index (χ2n) is 8.34. The van der Waals surface area contributed by atoms with E-state index in [1.54, 1.807) is 0 Å². The molecule has 6 N–H and O–H groups in total. The maximum Gasteiger partial charge on any atom is 0.490 e. The van der Waals surface area contributed by atoms with Gasteiger partial charge in [0.1, 0.15) is 23.5 Å². The lowest BCUT2D eigenvalue weighted by Gasteiger charge is -2.11. The number of hydrogen-bond acceptors (Lipinski definition) is 9. The molecule has 0 saturated heterocycles. The average Bonchev–Trinajstić information content (AvgIpc) is 3.22. The van der Waals surface area contributed by atoms with Crippen molar-refractivity contribution < 1.29 is 56.0 Å². The molecule has 0 radical (unpaired) electrons. The zero-order valence-corrected chi connectivity index (χ0v) is 21.8. The first-order valence-corrected chi connectivity index (χ1v) is 12.0. The Balaban J connectivity index is 0.000000782. The molecular weight excluding hydrogens is 582 g/mol. The van der Waals surface area contributed by atoms with Gasteiger partial charge < -0.3 is 35.7 Å². The number of fused-ring (bicyclic) bond motifs is 1. The van der Waals surface area contributed by atoms with Gasteiger partial charge in [-0.25, -0.2) is 14.8 Å². The molecule has 0 fully saturated rings. The van der Waals surface area contributed by atoms with Crippen LogP contribution in [0.2, 0.25) is 0 Å². The van der Waals surface area contributed by atoms with E-state index in [4.69, 9.17) is 19.7 Å². The lowest BCUT2D eigenvalue weighted by atomic mass is 10.1. The van der Waals surface area contributed by atoms with Gasteiger partial charge in [0.25, 0.3) is 0 Å². The van der Waals surface area contributed by atoms with Crippen LogP contribution in [-0.4, -0.2) is 81.3 Å². The van der Waals surface area contributed by atoms with Crippen molar-refractivity contribution in [1.82, 2.24) is 20.3 Å². The third-order valence-electron chi connectivity index (χ3n) is 5.11. The largest absolute Gasteiger partial charge is 0.494 e. The molecule has 3 rings (SSSR count). The van der Waals surface area contributed by atoms with Gasteiger partial charge in [-0.15, -0.1) is 0 Å². The van der Waals surface area contributed by atoms with Gasteiger partial charge in [-0.1, -0.05) is 0 Å². The molecule has 0 aliphatic carbocycles. The van der Waals surface area contributed by atoms with Gasteiger partial charge in [0.05, 0.1) is 28.8 Å². The number of aliphatic carboxylic acids is 2. The molecule has 230 valence electrons. The number of benzene rings is 1. The number of H-pyrrole nitrogens is 1. The Labute approximate surface area is 233 Å². The number of carbonyl (C=O) groups is 2. The zero-order valence-electron chi connectivity index (χ0n) is 21.8. The molecule has 0 atom stereocenters. The fourth-order valence-corrected chi connectivity index (χ4v) is 3.22. The monoisotopic (exact) mass is 608 g/mol. The molecule has 42 heavy (non-hydrogen) atoms. The molecule has 12 nitrogen and oxygen atoms in total. The van der Waals surface area contributed by atoms with E-state index in [0.717, 1.165) is 25.1 Å². The summed E-state index contributed by atoms with van der Waals surface area (Å²) in [5.41, 5.74) is -0.499. The number of alkyl halides is 6. The van der Waals surface area contributed by atoms with E-state index in [9.17, 15) is 36.2 Å². The van der Waals surface area contributed by atoms with Crippen LogP contribution in [0.3, 0.4) is 0 Å². The van der Waals surface area contributed by atoms with Gasteiger partial charge in [0.15, 0.2) is 5.88 Å². The van der Waals surface area contributed by atoms with E-state index in [-0.39, 0.29) is 42.3 Å². The number of carboxylic acid groups (broad SMARTS) is 2. The van der Waals surface area contributed by atoms with Crippen molar-refractivity contribution in [2.45, 2.75) is 31.6 Å². The SMILES string of the molecule is CNCCCNc1ncnc2[nH]c(O)c(C=Nc3cc(OCCCC(=O)O)cc(C(F)(F)F)c3)c12.O=C(O)C(F)(F)F. The van der Waals surface area contributed by atoms with Gasteiger partial charge in [-0.2, -0.15) is 26.3 Å². The van der Waals surface area contributed by atoms with E-state index in [2.05, 4.69) is 30.6 Å². The van der Waals surface area contributed by atoms with E-state index >= 15 is 0 Å². The van der Waals surface area contributed by atoms with Gasteiger partial charge in [-0.3, -0.25) is 9.79 Å². The first kappa shape index (κ1) is 33.6. The van der Waals surface area contributed by atoms with Gasteiger partial charge in [0.2, 0.25) is 0 Å².